The van der Waals surface area contributed by atoms with Crippen LogP contribution in [0.15, 0.2) is 59.6 Å². The Morgan fingerprint density at radius 2 is 1.57 bits per heavy atom. The Balaban J connectivity index is 1.68. The van der Waals surface area contributed by atoms with E-state index in [1.807, 2.05) is 30.3 Å². The van der Waals surface area contributed by atoms with E-state index < -0.39 is 0 Å². The lowest BCUT2D eigenvalue weighted by Gasteiger charge is -2.10. The zero-order chi connectivity index (χ0) is 19.9. The Bertz CT molecular complexity index is 944. The molecule has 0 N–H and O–H groups in total. The smallest absolute Gasteiger partial charge is 0.173 e. The molecule has 0 saturated heterocycles. The first-order chi connectivity index (χ1) is 13.6. The number of hydrogen-bond acceptors (Lipinski definition) is 7. The lowest BCUT2D eigenvalue weighted by molar-refractivity contribution is 0.102. The van der Waals surface area contributed by atoms with Crippen molar-refractivity contribution in [2.24, 2.45) is 0 Å². The maximum Gasteiger partial charge on any atom is 0.173 e. The SMILES string of the molecule is COc1ccc(C(=O)CSc2ccc(-c3cc(OC)ccc3OC)nn2)cc1. The van der Waals surface area contributed by atoms with Crippen molar-refractivity contribution in [3.63, 3.8) is 0 Å². The minimum atomic E-state index is 0.0213. The fourth-order valence-corrected chi connectivity index (χ4v) is 3.26. The summed E-state index contributed by atoms with van der Waals surface area (Å²) in [6.07, 6.45) is 0. The Labute approximate surface area is 167 Å². The topological polar surface area (TPSA) is 70.5 Å². The second-order valence-electron chi connectivity index (χ2n) is 5.76. The van der Waals surface area contributed by atoms with Gasteiger partial charge in [0.2, 0.25) is 0 Å². The van der Waals surface area contributed by atoms with Gasteiger partial charge in [-0.2, -0.15) is 0 Å². The van der Waals surface area contributed by atoms with E-state index in [1.54, 1.807) is 45.6 Å². The van der Waals surface area contributed by atoms with Gasteiger partial charge in [0.05, 0.1) is 32.8 Å². The largest absolute Gasteiger partial charge is 0.497 e. The van der Waals surface area contributed by atoms with Gasteiger partial charge in [-0.1, -0.05) is 11.8 Å². The van der Waals surface area contributed by atoms with Crippen LogP contribution in [0.5, 0.6) is 17.2 Å². The van der Waals surface area contributed by atoms with Crippen molar-refractivity contribution in [3.05, 3.63) is 60.2 Å². The van der Waals surface area contributed by atoms with Gasteiger partial charge in [-0.15, -0.1) is 10.2 Å². The van der Waals surface area contributed by atoms with Crippen molar-refractivity contribution < 1.29 is 19.0 Å². The molecule has 0 saturated carbocycles. The summed E-state index contributed by atoms with van der Waals surface area (Å²) in [6.45, 7) is 0. The minimum Gasteiger partial charge on any atom is -0.497 e. The quantitative estimate of drug-likeness (QED) is 0.418. The van der Waals surface area contributed by atoms with E-state index in [2.05, 4.69) is 10.2 Å². The van der Waals surface area contributed by atoms with Crippen molar-refractivity contribution >= 4 is 17.5 Å². The van der Waals surface area contributed by atoms with Crippen molar-refractivity contribution in [1.82, 2.24) is 10.2 Å². The second kappa shape index (κ2) is 9.23. The van der Waals surface area contributed by atoms with Crippen LogP contribution in [0.2, 0.25) is 0 Å². The predicted octanol–water partition coefficient (Wildman–Crippen LogP) is 4.14. The molecular weight excluding hydrogens is 376 g/mol. The molecule has 0 spiro atoms. The molecule has 0 unspecified atom stereocenters. The Hall–Kier alpha value is -3.06. The molecule has 0 radical (unpaired) electrons. The number of carbonyl (C=O) groups excluding carboxylic acids is 1. The van der Waals surface area contributed by atoms with Gasteiger partial charge in [0.15, 0.2) is 5.78 Å². The van der Waals surface area contributed by atoms with E-state index in [1.165, 1.54) is 11.8 Å². The molecule has 2 aromatic carbocycles. The Morgan fingerprint density at radius 3 is 2.18 bits per heavy atom. The van der Waals surface area contributed by atoms with E-state index in [-0.39, 0.29) is 11.5 Å². The van der Waals surface area contributed by atoms with Gasteiger partial charge in [-0.3, -0.25) is 4.79 Å². The fraction of sp³-hybridized carbons (Fsp3) is 0.190. The molecular formula is C21H20N2O4S. The van der Waals surface area contributed by atoms with E-state index in [0.717, 1.165) is 11.3 Å². The zero-order valence-electron chi connectivity index (χ0n) is 15.8. The third kappa shape index (κ3) is 4.61. The van der Waals surface area contributed by atoms with Crippen molar-refractivity contribution in [3.8, 4) is 28.5 Å². The number of rotatable bonds is 8. The molecule has 1 heterocycles. The van der Waals surface area contributed by atoms with Crippen LogP contribution >= 0.6 is 11.8 Å². The van der Waals surface area contributed by atoms with Crippen molar-refractivity contribution in [1.29, 1.82) is 0 Å². The van der Waals surface area contributed by atoms with Gasteiger partial charge in [-0.05, 0) is 54.6 Å². The number of aromatic nitrogens is 2. The van der Waals surface area contributed by atoms with Crippen LogP contribution < -0.4 is 14.2 Å². The van der Waals surface area contributed by atoms with E-state index in [4.69, 9.17) is 14.2 Å². The number of Topliss-reactive ketones (excluding diaryl/α,β-unsaturated/α-hetero) is 1. The van der Waals surface area contributed by atoms with Crippen LogP contribution in [0.1, 0.15) is 10.4 Å². The molecule has 3 rings (SSSR count). The number of ether oxygens (including phenoxy) is 3. The first-order valence-electron chi connectivity index (χ1n) is 8.50. The summed E-state index contributed by atoms with van der Waals surface area (Å²) in [5.74, 6) is 2.42. The van der Waals surface area contributed by atoms with Crippen LogP contribution in [-0.4, -0.2) is 43.1 Å². The summed E-state index contributed by atoms with van der Waals surface area (Å²) in [7, 11) is 4.81. The molecule has 0 aliphatic heterocycles. The van der Waals surface area contributed by atoms with Crippen LogP contribution in [-0.2, 0) is 0 Å². The maximum atomic E-state index is 12.3. The molecule has 0 atom stereocenters. The first-order valence-corrected chi connectivity index (χ1v) is 9.49. The highest BCUT2D eigenvalue weighted by molar-refractivity contribution is 7.99. The number of hydrogen-bond donors (Lipinski definition) is 0. The number of methoxy groups -OCH3 is 3. The summed E-state index contributed by atoms with van der Waals surface area (Å²) < 4.78 is 15.8. The van der Waals surface area contributed by atoms with Gasteiger partial charge in [0.1, 0.15) is 22.3 Å². The lowest BCUT2D eigenvalue weighted by atomic mass is 10.1. The molecule has 0 aliphatic carbocycles. The molecule has 0 bridgehead atoms. The third-order valence-electron chi connectivity index (χ3n) is 4.09. The fourth-order valence-electron chi connectivity index (χ4n) is 2.55. The standard InChI is InChI=1S/C21H20N2O4S/c1-25-15-6-4-14(5-7-15)19(24)13-28-21-11-9-18(22-23-21)17-12-16(26-2)8-10-20(17)27-3/h4-12H,13H2,1-3H3. The summed E-state index contributed by atoms with van der Waals surface area (Å²) in [4.78, 5) is 12.3. The molecule has 0 fully saturated rings. The average molecular weight is 396 g/mol. The van der Waals surface area contributed by atoms with Crippen LogP contribution in [0.25, 0.3) is 11.3 Å². The second-order valence-corrected chi connectivity index (χ2v) is 6.76. The highest BCUT2D eigenvalue weighted by Gasteiger charge is 2.11. The van der Waals surface area contributed by atoms with E-state index >= 15 is 0 Å². The zero-order valence-corrected chi connectivity index (χ0v) is 16.7. The highest BCUT2D eigenvalue weighted by Crippen LogP contribution is 2.32. The van der Waals surface area contributed by atoms with E-state index in [9.17, 15) is 4.79 Å². The van der Waals surface area contributed by atoms with Gasteiger partial charge in [-0.25, -0.2) is 0 Å². The highest BCUT2D eigenvalue weighted by atomic mass is 32.2. The molecule has 1 aromatic heterocycles. The summed E-state index contributed by atoms with van der Waals surface area (Å²) >= 11 is 1.34. The molecule has 0 aliphatic rings. The predicted molar refractivity (Wildman–Crippen MR) is 109 cm³/mol. The number of ketones is 1. The number of benzene rings is 2. The van der Waals surface area contributed by atoms with Crippen LogP contribution in [0, 0.1) is 0 Å². The van der Waals surface area contributed by atoms with Gasteiger partial charge < -0.3 is 14.2 Å². The Morgan fingerprint density at radius 1 is 0.857 bits per heavy atom. The van der Waals surface area contributed by atoms with Gasteiger partial charge in [0.25, 0.3) is 0 Å². The van der Waals surface area contributed by atoms with Crippen molar-refractivity contribution in [2.75, 3.05) is 27.1 Å². The van der Waals surface area contributed by atoms with Gasteiger partial charge >= 0.3 is 0 Å². The van der Waals surface area contributed by atoms with Crippen LogP contribution in [0.4, 0.5) is 0 Å². The van der Waals surface area contributed by atoms with E-state index in [0.29, 0.717) is 27.8 Å². The summed E-state index contributed by atoms with van der Waals surface area (Å²) in [5, 5.41) is 9.17. The molecule has 7 heteroatoms. The molecule has 28 heavy (non-hydrogen) atoms. The average Bonchev–Trinajstić information content (AvgIpc) is 2.77. The molecule has 0 amide bonds. The minimum absolute atomic E-state index is 0.0213. The first kappa shape index (κ1) is 19.7. The Kier molecular flexibility index (Phi) is 6.49. The molecule has 144 valence electrons. The maximum absolute atomic E-state index is 12.3. The van der Waals surface area contributed by atoms with Crippen molar-refractivity contribution in [2.45, 2.75) is 5.03 Å². The van der Waals surface area contributed by atoms with Crippen LogP contribution in [0.3, 0.4) is 0 Å². The lowest BCUT2D eigenvalue weighted by Crippen LogP contribution is -2.03. The summed E-state index contributed by atoms with van der Waals surface area (Å²) in [6, 6.07) is 16.2. The number of thioether (sulfide) groups is 1. The monoisotopic (exact) mass is 396 g/mol. The third-order valence-corrected chi connectivity index (χ3v) is 5.01. The number of carbonyl (C=O) groups is 1. The summed E-state index contributed by atoms with van der Waals surface area (Å²) in [5.41, 5.74) is 2.10. The molecule has 3 aromatic rings. The number of nitrogens with zero attached hydrogens (tertiary/aromatic N) is 2. The van der Waals surface area contributed by atoms with Gasteiger partial charge in [0, 0.05) is 11.1 Å². The normalized spacial score (nSPS) is 10.4. The molecule has 6 nitrogen and oxygen atoms in total.